The lowest BCUT2D eigenvalue weighted by Gasteiger charge is -2.34. The van der Waals surface area contributed by atoms with Gasteiger partial charge in [0.2, 0.25) is 0 Å². The zero-order valence-electron chi connectivity index (χ0n) is 23.9. The van der Waals surface area contributed by atoms with E-state index in [0.29, 0.717) is 24.8 Å². The van der Waals surface area contributed by atoms with Crippen LogP contribution in [0.1, 0.15) is 47.5 Å². The SMILES string of the molecule is CC.CC(C)(C)OC(=O)N1CCCC(CNc2nc(-c3ccc(N4CCOCC4)cc3)cc3nccnc23)C1. The van der Waals surface area contributed by atoms with Crippen LogP contribution in [0.5, 0.6) is 0 Å². The Bertz CT molecular complexity index is 1220. The van der Waals surface area contributed by atoms with E-state index in [1.54, 1.807) is 12.4 Å². The summed E-state index contributed by atoms with van der Waals surface area (Å²) in [6.07, 6.45) is 5.15. The van der Waals surface area contributed by atoms with E-state index >= 15 is 0 Å². The second-order valence-electron chi connectivity index (χ2n) is 10.7. The van der Waals surface area contributed by atoms with Crippen molar-refractivity contribution in [2.45, 2.75) is 53.1 Å². The van der Waals surface area contributed by atoms with Gasteiger partial charge < -0.3 is 24.6 Å². The number of likely N-dealkylation sites (tertiary alicyclic amines) is 1. The van der Waals surface area contributed by atoms with Crippen LogP contribution in [0, 0.1) is 5.92 Å². The molecule has 39 heavy (non-hydrogen) atoms. The highest BCUT2D eigenvalue weighted by Gasteiger charge is 2.27. The van der Waals surface area contributed by atoms with Gasteiger partial charge in [-0.05, 0) is 57.7 Å². The Morgan fingerprint density at radius 2 is 1.79 bits per heavy atom. The van der Waals surface area contributed by atoms with Crippen LogP contribution in [-0.2, 0) is 9.47 Å². The van der Waals surface area contributed by atoms with Crippen LogP contribution in [0.3, 0.4) is 0 Å². The first kappa shape index (κ1) is 28.5. The van der Waals surface area contributed by atoms with Crippen molar-refractivity contribution in [2.75, 3.05) is 56.2 Å². The van der Waals surface area contributed by atoms with Crippen molar-refractivity contribution in [2.24, 2.45) is 5.92 Å². The molecule has 2 saturated heterocycles. The van der Waals surface area contributed by atoms with Crippen LogP contribution in [0.2, 0.25) is 0 Å². The van der Waals surface area contributed by atoms with Gasteiger partial charge in [0.15, 0.2) is 5.82 Å². The highest BCUT2D eigenvalue weighted by molar-refractivity contribution is 5.88. The molecule has 1 amide bonds. The van der Waals surface area contributed by atoms with Gasteiger partial charge in [0.25, 0.3) is 0 Å². The predicted molar refractivity (Wildman–Crippen MR) is 156 cm³/mol. The zero-order chi connectivity index (χ0) is 27.8. The van der Waals surface area contributed by atoms with Gasteiger partial charge in [-0.3, -0.25) is 4.98 Å². The number of hydrogen-bond donors (Lipinski definition) is 1. The third-order valence-corrected chi connectivity index (χ3v) is 6.72. The minimum Gasteiger partial charge on any atom is -0.444 e. The lowest BCUT2D eigenvalue weighted by Crippen LogP contribution is -2.44. The molecular weight excluding hydrogens is 492 g/mol. The van der Waals surface area contributed by atoms with Gasteiger partial charge in [0.1, 0.15) is 11.1 Å². The minimum absolute atomic E-state index is 0.242. The third kappa shape index (κ3) is 7.56. The summed E-state index contributed by atoms with van der Waals surface area (Å²) in [7, 11) is 0. The fourth-order valence-corrected chi connectivity index (χ4v) is 4.87. The van der Waals surface area contributed by atoms with Crippen LogP contribution in [0.15, 0.2) is 42.7 Å². The van der Waals surface area contributed by atoms with Crippen molar-refractivity contribution in [3.63, 3.8) is 0 Å². The van der Waals surface area contributed by atoms with Crippen molar-refractivity contribution < 1.29 is 14.3 Å². The van der Waals surface area contributed by atoms with Crippen LogP contribution in [-0.4, -0.2) is 77.5 Å². The van der Waals surface area contributed by atoms with Crippen LogP contribution in [0.4, 0.5) is 16.3 Å². The number of morpholine rings is 1. The minimum atomic E-state index is -0.495. The number of nitrogens with one attached hydrogen (secondary N) is 1. The lowest BCUT2D eigenvalue weighted by molar-refractivity contribution is 0.0172. The van der Waals surface area contributed by atoms with Gasteiger partial charge in [-0.15, -0.1) is 0 Å². The normalized spacial score (nSPS) is 17.8. The van der Waals surface area contributed by atoms with Gasteiger partial charge in [0, 0.05) is 56.4 Å². The summed E-state index contributed by atoms with van der Waals surface area (Å²) in [6.45, 7) is 15.1. The maximum absolute atomic E-state index is 12.6. The number of piperidine rings is 1. The smallest absolute Gasteiger partial charge is 0.410 e. The second kappa shape index (κ2) is 13.1. The van der Waals surface area contributed by atoms with Gasteiger partial charge in [-0.2, -0.15) is 0 Å². The van der Waals surface area contributed by atoms with E-state index in [2.05, 4.69) is 44.5 Å². The second-order valence-corrected chi connectivity index (χ2v) is 10.7. The molecule has 9 heteroatoms. The first-order chi connectivity index (χ1) is 18.9. The van der Waals surface area contributed by atoms with E-state index < -0.39 is 5.60 Å². The van der Waals surface area contributed by atoms with E-state index in [1.165, 1.54) is 5.69 Å². The average Bonchev–Trinajstić information content (AvgIpc) is 2.96. The molecule has 1 atom stereocenters. The quantitative estimate of drug-likeness (QED) is 0.451. The van der Waals surface area contributed by atoms with Crippen molar-refractivity contribution in [1.29, 1.82) is 0 Å². The van der Waals surface area contributed by atoms with E-state index in [4.69, 9.17) is 14.5 Å². The summed E-state index contributed by atoms with van der Waals surface area (Å²) in [5.41, 5.74) is 4.12. The molecule has 210 valence electrons. The van der Waals surface area contributed by atoms with Crippen molar-refractivity contribution in [1.82, 2.24) is 19.9 Å². The summed E-state index contributed by atoms with van der Waals surface area (Å²) < 4.78 is 11.1. The first-order valence-electron chi connectivity index (χ1n) is 14.1. The maximum Gasteiger partial charge on any atom is 0.410 e. The van der Waals surface area contributed by atoms with Gasteiger partial charge in [0.05, 0.1) is 24.4 Å². The van der Waals surface area contributed by atoms with Crippen LogP contribution in [0.25, 0.3) is 22.3 Å². The molecule has 5 rings (SSSR count). The summed E-state index contributed by atoms with van der Waals surface area (Å²) in [6, 6.07) is 10.5. The number of hydrogen-bond acceptors (Lipinski definition) is 8. The molecule has 0 saturated carbocycles. The number of carbonyl (C=O) groups excluding carboxylic acids is 1. The van der Waals surface area contributed by atoms with E-state index in [9.17, 15) is 4.79 Å². The number of fused-ring (bicyclic) bond motifs is 1. The zero-order valence-corrected chi connectivity index (χ0v) is 23.9. The maximum atomic E-state index is 12.6. The van der Waals surface area contributed by atoms with Crippen molar-refractivity contribution >= 4 is 28.6 Å². The number of aromatic nitrogens is 3. The summed E-state index contributed by atoms with van der Waals surface area (Å²) in [4.78, 5) is 30.8. The molecule has 0 aliphatic carbocycles. The van der Waals surface area contributed by atoms with Crippen LogP contribution < -0.4 is 10.2 Å². The first-order valence-corrected chi connectivity index (χ1v) is 14.1. The molecule has 9 nitrogen and oxygen atoms in total. The molecule has 2 aliphatic rings. The highest BCUT2D eigenvalue weighted by atomic mass is 16.6. The molecule has 1 unspecified atom stereocenters. The molecule has 0 spiro atoms. The molecule has 0 radical (unpaired) electrons. The van der Waals surface area contributed by atoms with Crippen LogP contribution >= 0.6 is 0 Å². The molecule has 2 fully saturated rings. The Kier molecular flexibility index (Phi) is 9.56. The summed E-state index contributed by atoms with van der Waals surface area (Å²) in [5.74, 6) is 1.01. The summed E-state index contributed by atoms with van der Waals surface area (Å²) in [5, 5.41) is 3.52. The largest absolute Gasteiger partial charge is 0.444 e. The topological polar surface area (TPSA) is 92.7 Å². The number of pyridine rings is 1. The Hall–Kier alpha value is -3.46. The molecular formula is C30H42N6O3. The Balaban J connectivity index is 0.00000172. The number of ether oxygens (including phenoxy) is 2. The average molecular weight is 535 g/mol. The summed E-state index contributed by atoms with van der Waals surface area (Å²) >= 11 is 0. The van der Waals surface area contributed by atoms with E-state index in [-0.39, 0.29) is 6.09 Å². The van der Waals surface area contributed by atoms with Gasteiger partial charge >= 0.3 is 6.09 Å². The van der Waals surface area contributed by atoms with Gasteiger partial charge in [-0.1, -0.05) is 26.0 Å². The fourth-order valence-electron chi connectivity index (χ4n) is 4.87. The number of rotatable bonds is 5. The number of benzene rings is 1. The fraction of sp³-hybridized carbons (Fsp3) is 0.533. The van der Waals surface area contributed by atoms with Crippen molar-refractivity contribution in [3.05, 3.63) is 42.7 Å². The molecule has 1 N–H and O–H groups in total. The highest BCUT2D eigenvalue weighted by Crippen LogP contribution is 2.28. The Labute approximate surface area is 231 Å². The Morgan fingerprint density at radius 3 is 2.51 bits per heavy atom. The predicted octanol–water partition coefficient (Wildman–Crippen LogP) is 5.61. The van der Waals surface area contributed by atoms with E-state index in [0.717, 1.165) is 68.0 Å². The molecule has 4 heterocycles. The molecule has 1 aromatic carbocycles. The van der Waals surface area contributed by atoms with Crippen molar-refractivity contribution in [3.8, 4) is 11.3 Å². The molecule has 3 aromatic rings. The number of carbonyl (C=O) groups is 1. The molecule has 0 bridgehead atoms. The standard InChI is InChI=1S/C28H36N6O3.C2H6/c1-28(2,3)37-27(35)34-12-4-5-20(19-34)18-31-26-25-24(29-10-11-30-25)17-23(32-26)21-6-8-22(9-7-21)33-13-15-36-16-14-33;1-2/h6-11,17,20H,4-5,12-16,18-19H2,1-3H3,(H,31,32);1-2H3. The Morgan fingerprint density at radius 1 is 1.08 bits per heavy atom. The van der Waals surface area contributed by atoms with Gasteiger partial charge in [-0.25, -0.2) is 14.8 Å². The third-order valence-electron chi connectivity index (χ3n) is 6.72. The van der Waals surface area contributed by atoms with E-state index in [1.807, 2.05) is 45.6 Å². The molecule has 2 aromatic heterocycles. The number of nitrogens with zero attached hydrogens (tertiary/aromatic N) is 5. The number of anilines is 2. The lowest BCUT2D eigenvalue weighted by atomic mass is 9.98. The molecule has 2 aliphatic heterocycles. The number of amides is 1. The monoisotopic (exact) mass is 534 g/mol.